The summed E-state index contributed by atoms with van der Waals surface area (Å²) in [5.74, 6) is 1.56. The van der Waals surface area contributed by atoms with Crippen molar-refractivity contribution in [3.05, 3.63) is 24.3 Å². The molecule has 0 unspecified atom stereocenters. The van der Waals surface area contributed by atoms with Gasteiger partial charge in [0.2, 0.25) is 0 Å². The molecule has 0 heterocycles. The first-order valence-corrected chi connectivity index (χ1v) is 5.97. The molecule has 3 heteroatoms. The summed E-state index contributed by atoms with van der Waals surface area (Å²) >= 11 is 0. The van der Waals surface area contributed by atoms with Gasteiger partial charge in [-0.2, -0.15) is 0 Å². The number of ether oxygens (including phenoxy) is 2. The van der Waals surface area contributed by atoms with Gasteiger partial charge < -0.3 is 14.8 Å². The van der Waals surface area contributed by atoms with Crippen molar-refractivity contribution >= 4 is 0 Å². The molecule has 0 radical (unpaired) electrons. The number of benzene rings is 1. The quantitative estimate of drug-likeness (QED) is 0.854. The van der Waals surface area contributed by atoms with Crippen LogP contribution in [0, 0.1) is 0 Å². The lowest BCUT2D eigenvalue weighted by atomic mass is 10.1. The van der Waals surface area contributed by atoms with E-state index < -0.39 is 0 Å². The molecule has 1 aromatic carbocycles. The third kappa shape index (κ3) is 5.09. The largest absolute Gasteiger partial charge is 0.493 e. The summed E-state index contributed by atoms with van der Waals surface area (Å²) in [5.41, 5.74) is 0.110. The van der Waals surface area contributed by atoms with Crippen LogP contribution in [0.15, 0.2) is 24.3 Å². The highest BCUT2D eigenvalue weighted by Gasteiger charge is 2.13. The van der Waals surface area contributed by atoms with Crippen molar-refractivity contribution < 1.29 is 9.47 Å². The maximum atomic E-state index is 5.84. The molecule has 0 saturated carbocycles. The Balaban J connectivity index is 2.53. The molecule has 0 aliphatic heterocycles. The SMILES string of the molecule is COc1ccccc1O[C@H](C)CNC(C)(C)C. The zero-order valence-electron chi connectivity index (χ0n) is 11.4. The fraction of sp³-hybridized carbons (Fsp3) is 0.571. The molecule has 0 fully saturated rings. The second-order valence-electron chi connectivity index (χ2n) is 5.21. The lowest BCUT2D eigenvalue weighted by molar-refractivity contribution is 0.195. The Kier molecular flexibility index (Phi) is 4.82. The fourth-order valence-electron chi connectivity index (χ4n) is 1.42. The van der Waals surface area contributed by atoms with Gasteiger partial charge in [-0.3, -0.25) is 0 Å². The molecular weight excluding hydrogens is 214 g/mol. The standard InChI is InChI=1S/C14H23NO2/c1-11(10-15-14(2,3)4)17-13-9-7-6-8-12(13)16-5/h6-9,11,15H,10H2,1-5H3/t11-/m1/s1. The third-order valence-corrected chi connectivity index (χ3v) is 2.32. The van der Waals surface area contributed by atoms with Crippen LogP contribution >= 0.6 is 0 Å². The van der Waals surface area contributed by atoms with Crippen molar-refractivity contribution in [2.45, 2.75) is 39.3 Å². The van der Waals surface area contributed by atoms with Crippen LogP contribution in [0.4, 0.5) is 0 Å². The average Bonchev–Trinajstić information content (AvgIpc) is 2.26. The van der Waals surface area contributed by atoms with E-state index in [4.69, 9.17) is 9.47 Å². The van der Waals surface area contributed by atoms with Gasteiger partial charge in [0.05, 0.1) is 7.11 Å². The van der Waals surface area contributed by atoms with Crippen molar-refractivity contribution in [3.63, 3.8) is 0 Å². The summed E-state index contributed by atoms with van der Waals surface area (Å²) in [5, 5.41) is 3.41. The van der Waals surface area contributed by atoms with E-state index in [-0.39, 0.29) is 11.6 Å². The molecule has 0 amide bonds. The molecule has 0 aliphatic rings. The van der Waals surface area contributed by atoms with Crippen molar-refractivity contribution in [2.75, 3.05) is 13.7 Å². The summed E-state index contributed by atoms with van der Waals surface area (Å²) in [4.78, 5) is 0. The topological polar surface area (TPSA) is 30.5 Å². The van der Waals surface area contributed by atoms with Crippen LogP contribution in [0.5, 0.6) is 11.5 Å². The van der Waals surface area contributed by atoms with E-state index >= 15 is 0 Å². The lowest BCUT2D eigenvalue weighted by Crippen LogP contribution is -2.41. The average molecular weight is 237 g/mol. The highest BCUT2D eigenvalue weighted by Crippen LogP contribution is 2.26. The summed E-state index contributed by atoms with van der Waals surface area (Å²) < 4.78 is 11.1. The van der Waals surface area contributed by atoms with Crippen LogP contribution in [0.25, 0.3) is 0 Å². The molecule has 96 valence electrons. The minimum Gasteiger partial charge on any atom is -0.493 e. The fourth-order valence-corrected chi connectivity index (χ4v) is 1.42. The van der Waals surface area contributed by atoms with Gasteiger partial charge >= 0.3 is 0 Å². The second kappa shape index (κ2) is 5.92. The van der Waals surface area contributed by atoms with Gasteiger partial charge in [0, 0.05) is 12.1 Å². The lowest BCUT2D eigenvalue weighted by Gasteiger charge is -2.24. The molecule has 0 saturated heterocycles. The molecule has 0 aliphatic carbocycles. The van der Waals surface area contributed by atoms with Gasteiger partial charge in [-0.25, -0.2) is 0 Å². The molecular formula is C14H23NO2. The van der Waals surface area contributed by atoms with Crippen molar-refractivity contribution in [1.29, 1.82) is 0 Å². The minimum atomic E-state index is 0.102. The predicted molar refractivity (Wildman–Crippen MR) is 70.8 cm³/mol. The summed E-state index contributed by atoms with van der Waals surface area (Å²) in [6, 6.07) is 7.71. The predicted octanol–water partition coefficient (Wildman–Crippen LogP) is 2.85. The number of methoxy groups -OCH3 is 1. The molecule has 17 heavy (non-hydrogen) atoms. The van der Waals surface area contributed by atoms with Crippen molar-refractivity contribution in [3.8, 4) is 11.5 Å². The Bertz CT molecular complexity index is 344. The van der Waals surface area contributed by atoms with Crippen LogP contribution in [-0.4, -0.2) is 25.3 Å². The van der Waals surface area contributed by atoms with Gasteiger partial charge in [-0.1, -0.05) is 12.1 Å². The zero-order valence-corrected chi connectivity index (χ0v) is 11.4. The first kappa shape index (κ1) is 13.8. The van der Waals surface area contributed by atoms with E-state index in [1.54, 1.807) is 7.11 Å². The van der Waals surface area contributed by atoms with Gasteiger partial charge in [-0.15, -0.1) is 0 Å². The van der Waals surface area contributed by atoms with Gasteiger partial charge in [0.25, 0.3) is 0 Å². The first-order chi connectivity index (χ1) is 7.92. The number of nitrogens with one attached hydrogen (secondary N) is 1. The number of rotatable bonds is 5. The minimum absolute atomic E-state index is 0.102. The number of hydrogen-bond donors (Lipinski definition) is 1. The molecule has 1 aromatic rings. The molecule has 3 nitrogen and oxygen atoms in total. The molecule has 1 rings (SSSR count). The summed E-state index contributed by atoms with van der Waals surface area (Å²) in [6.07, 6.45) is 0.102. The van der Waals surface area contributed by atoms with Gasteiger partial charge in [0.1, 0.15) is 6.10 Å². The highest BCUT2D eigenvalue weighted by molar-refractivity contribution is 5.39. The first-order valence-electron chi connectivity index (χ1n) is 5.97. The summed E-state index contributed by atoms with van der Waals surface area (Å²) in [7, 11) is 1.65. The van der Waals surface area contributed by atoms with Crippen LogP contribution in [0.1, 0.15) is 27.7 Å². The monoisotopic (exact) mass is 237 g/mol. The molecule has 1 atom stereocenters. The molecule has 1 N–H and O–H groups in total. The maximum absolute atomic E-state index is 5.84. The van der Waals surface area contributed by atoms with E-state index in [0.29, 0.717) is 0 Å². The number of hydrogen-bond acceptors (Lipinski definition) is 3. The zero-order chi connectivity index (χ0) is 12.9. The van der Waals surface area contributed by atoms with E-state index in [1.807, 2.05) is 31.2 Å². The maximum Gasteiger partial charge on any atom is 0.161 e. The van der Waals surface area contributed by atoms with E-state index in [0.717, 1.165) is 18.0 Å². The summed E-state index contributed by atoms with van der Waals surface area (Å²) in [6.45, 7) is 9.28. The van der Waals surface area contributed by atoms with Crippen LogP contribution in [0.3, 0.4) is 0 Å². The Morgan fingerprint density at radius 2 is 1.76 bits per heavy atom. The normalized spacial score (nSPS) is 13.2. The molecule has 0 bridgehead atoms. The Morgan fingerprint density at radius 3 is 2.29 bits per heavy atom. The van der Waals surface area contributed by atoms with Crippen molar-refractivity contribution in [1.82, 2.24) is 5.32 Å². The highest BCUT2D eigenvalue weighted by atomic mass is 16.5. The van der Waals surface area contributed by atoms with Gasteiger partial charge in [-0.05, 0) is 39.8 Å². The number of para-hydroxylation sites is 2. The van der Waals surface area contributed by atoms with Crippen LogP contribution in [-0.2, 0) is 0 Å². The van der Waals surface area contributed by atoms with Crippen molar-refractivity contribution in [2.24, 2.45) is 0 Å². The van der Waals surface area contributed by atoms with Gasteiger partial charge in [0.15, 0.2) is 11.5 Å². The molecule has 0 spiro atoms. The molecule has 0 aromatic heterocycles. The Morgan fingerprint density at radius 1 is 1.18 bits per heavy atom. The smallest absolute Gasteiger partial charge is 0.161 e. The second-order valence-corrected chi connectivity index (χ2v) is 5.21. The van der Waals surface area contributed by atoms with E-state index in [9.17, 15) is 0 Å². The Labute approximate surface area is 104 Å². The van der Waals surface area contributed by atoms with Crippen LogP contribution in [0.2, 0.25) is 0 Å². The third-order valence-electron chi connectivity index (χ3n) is 2.32. The van der Waals surface area contributed by atoms with Crippen LogP contribution < -0.4 is 14.8 Å². The Hall–Kier alpha value is -1.22. The van der Waals surface area contributed by atoms with E-state index in [1.165, 1.54) is 0 Å². The van der Waals surface area contributed by atoms with E-state index in [2.05, 4.69) is 26.1 Å².